The molecule has 6 nitrogen and oxygen atoms in total. The Labute approximate surface area is 129 Å². The lowest BCUT2D eigenvalue weighted by Gasteiger charge is -2.20. The van der Waals surface area contributed by atoms with Crippen molar-refractivity contribution in [2.24, 2.45) is 0 Å². The van der Waals surface area contributed by atoms with Gasteiger partial charge in [0, 0.05) is 12.1 Å². The van der Waals surface area contributed by atoms with Gasteiger partial charge in [-0.25, -0.2) is 9.18 Å². The third kappa shape index (κ3) is 6.86. The second kappa shape index (κ2) is 7.06. The fraction of sp³-hybridized carbons (Fsp3) is 0.500. The van der Waals surface area contributed by atoms with Crippen molar-refractivity contribution >= 4 is 16.2 Å². The highest BCUT2D eigenvalue weighted by Crippen LogP contribution is 2.16. The van der Waals surface area contributed by atoms with E-state index in [1.165, 1.54) is 12.1 Å². The van der Waals surface area contributed by atoms with Gasteiger partial charge >= 0.3 is 6.09 Å². The number of ether oxygens (including phenoxy) is 1. The van der Waals surface area contributed by atoms with Crippen LogP contribution in [0.3, 0.4) is 0 Å². The average Bonchev–Trinajstić information content (AvgIpc) is 2.31. The number of rotatable bonds is 5. The number of halogens is 1. The number of benzene rings is 1. The van der Waals surface area contributed by atoms with Crippen LogP contribution in [0.5, 0.6) is 0 Å². The first-order valence-corrected chi connectivity index (χ1v) is 8.37. The molecule has 0 saturated heterocycles. The molecule has 1 rings (SSSR count). The molecule has 0 unspecified atom stereocenters. The Balaban J connectivity index is 2.78. The number of nitrogens with one attached hydrogen (secondary N) is 1. The molecule has 0 heterocycles. The first-order chi connectivity index (χ1) is 9.98. The third-order valence-electron chi connectivity index (χ3n) is 2.46. The zero-order valence-electron chi connectivity index (χ0n) is 13.0. The van der Waals surface area contributed by atoms with E-state index in [1.807, 2.05) is 0 Å². The highest BCUT2D eigenvalue weighted by Gasteiger charge is 2.17. The Morgan fingerprint density at radius 1 is 1.32 bits per heavy atom. The minimum Gasteiger partial charge on any atom is -0.444 e. The van der Waals surface area contributed by atoms with Crippen molar-refractivity contribution in [1.82, 2.24) is 5.32 Å². The second-order valence-corrected chi connectivity index (χ2v) is 7.34. The molecule has 1 amide bonds. The van der Waals surface area contributed by atoms with Crippen molar-refractivity contribution in [3.8, 4) is 0 Å². The van der Waals surface area contributed by atoms with Crippen LogP contribution < -0.4 is 5.32 Å². The summed E-state index contributed by atoms with van der Waals surface area (Å²) in [6, 6.07) is 4.23. The first-order valence-electron chi connectivity index (χ1n) is 6.55. The average molecular weight is 333 g/mol. The highest BCUT2D eigenvalue weighted by molar-refractivity contribution is 7.85. The molecule has 1 aromatic rings. The quantitative estimate of drug-likeness (QED) is 0.836. The first kappa shape index (κ1) is 18.4. The molecular formula is C14H20FNO5S. The van der Waals surface area contributed by atoms with Crippen molar-refractivity contribution in [3.05, 3.63) is 35.1 Å². The molecule has 0 aromatic heterocycles. The van der Waals surface area contributed by atoms with Crippen molar-refractivity contribution in [1.29, 1.82) is 0 Å². The van der Waals surface area contributed by atoms with Crippen LogP contribution in [0.15, 0.2) is 18.2 Å². The molecular weight excluding hydrogens is 313 g/mol. The number of hydrogen-bond acceptors (Lipinski definition) is 5. The summed E-state index contributed by atoms with van der Waals surface area (Å²) in [7, 11) is -3.69. The number of hydrogen-bond donors (Lipinski definition) is 1. The Kier molecular flexibility index (Phi) is 5.90. The van der Waals surface area contributed by atoms with Gasteiger partial charge < -0.3 is 10.1 Å². The van der Waals surface area contributed by atoms with E-state index in [-0.39, 0.29) is 12.1 Å². The minimum atomic E-state index is -3.69. The fourth-order valence-electron chi connectivity index (χ4n) is 1.58. The van der Waals surface area contributed by atoms with E-state index in [0.29, 0.717) is 5.56 Å². The number of alkyl carbamates (subject to hydrolysis) is 1. The molecule has 124 valence electrons. The molecule has 1 N–H and O–H groups in total. The van der Waals surface area contributed by atoms with Crippen molar-refractivity contribution < 1.29 is 26.5 Å². The fourth-order valence-corrected chi connectivity index (χ4v) is 1.91. The van der Waals surface area contributed by atoms with Gasteiger partial charge in [-0.3, -0.25) is 4.18 Å². The molecule has 0 bridgehead atoms. The molecule has 0 atom stereocenters. The van der Waals surface area contributed by atoms with E-state index < -0.39 is 34.2 Å². The minimum absolute atomic E-state index is 0.00483. The molecule has 22 heavy (non-hydrogen) atoms. The van der Waals surface area contributed by atoms with Gasteiger partial charge in [0.1, 0.15) is 11.4 Å². The molecule has 0 spiro atoms. The second-order valence-electron chi connectivity index (χ2n) is 5.70. The summed E-state index contributed by atoms with van der Waals surface area (Å²) in [6.07, 6.45) is 0.235. The predicted octanol–water partition coefficient (Wildman–Crippen LogP) is 2.33. The third-order valence-corrected chi connectivity index (χ3v) is 3.00. The van der Waals surface area contributed by atoms with E-state index in [2.05, 4.69) is 9.50 Å². The summed E-state index contributed by atoms with van der Waals surface area (Å²) in [5.74, 6) is -0.605. The van der Waals surface area contributed by atoms with Gasteiger partial charge in [0.2, 0.25) is 0 Å². The highest BCUT2D eigenvalue weighted by atomic mass is 32.2. The van der Waals surface area contributed by atoms with E-state index in [9.17, 15) is 17.6 Å². The summed E-state index contributed by atoms with van der Waals surface area (Å²) in [5.41, 5.74) is -0.160. The SMILES string of the molecule is CC(C)(C)OC(=O)NCc1cccc(F)c1COS(C)(=O)=O. The van der Waals surface area contributed by atoms with Gasteiger partial charge in [-0.05, 0) is 32.4 Å². The molecule has 0 fully saturated rings. The van der Waals surface area contributed by atoms with Crippen LogP contribution >= 0.6 is 0 Å². The zero-order chi connectivity index (χ0) is 17.0. The van der Waals surface area contributed by atoms with Crippen LogP contribution in [0.2, 0.25) is 0 Å². The summed E-state index contributed by atoms with van der Waals surface area (Å²) >= 11 is 0. The largest absolute Gasteiger partial charge is 0.444 e. The lowest BCUT2D eigenvalue weighted by atomic mass is 10.1. The van der Waals surface area contributed by atoms with Gasteiger partial charge in [0.25, 0.3) is 10.1 Å². The van der Waals surface area contributed by atoms with Crippen molar-refractivity contribution in [2.45, 2.75) is 39.5 Å². The van der Waals surface area contributed by atoms with Crippen molar-refractivity contribution in [2.75, 3.05) is 6.26 Å². The normalized spacial score (nSPS) is 12.0. The van der Waals surface area contributed by atoms with Crippen LogP contribution in [-0.2, 0) is 32.2 Å². The van der Waals surface area contributed by atoms with Crippen molar-refractivity contribution in [3.63, 3.8) is 0 Å². The van der Waals surface area contributed by atoms with E-state index in [0.717, 1.165) is 6.26 Å². The Morgan fingerprint density at radius 2 is 1.95 bits per heavy atom. The molecule has 8 heteroatoms. The number of amides is 1. The van der Waals surface area contributed by atoms with Gasteiger partial charge in [-0.2, -0.15) is 8.42 Å². The molecule has 0 aliphatic heterocycles. The van der Waals surface area contributed by atoms with E-state index in [1.54, 1.807) is 26.8 Å². The molecule has 0 saturated carbocycles. The molecule has 0 aliphatic carbocycles. The van der Waals surface area contributed by atoms with E-state index in [4.69, 9.17) is 4.74 Å². The monoisotopic (exact) mass is 333 g/mol. The smallest absolute Gasteiger partial charge is 0.407 e. The Morgan fingerprint density at radius 3 is 2.50 bits per heavy atom. The van der Waals surface area contributed by atoms with Crippen LogP contribution in [0.25, 0.3) is 0 Å². The van der Waals surface area contributed by atoms with Gasteiger partial charge in [0.05, 0.1) is 12.9 Å². The van der Waals surface area contributed by atoms with Crippen LogP contribution in [0, 0.1) is 5.82 Å². The number of carbonyl (C=O) groups is 1. The Bertz CT molecular complexity index is 637. The summed E-state index contributed by atoms with van der Waals surface area (Å²) in [4.78, 5) is 11.6. The van der Waals surface area contributed by atoms with E-state index >= 15 is 0 Å². The van der Waals surface area contributed by atoms with Crippen LogP contribution in [-0.4, -0.2) is 26.4 Å². The summed E-state index contributed by atoms with van der Waals surface area (Å²) in [5, 5.41) is 2.49. The van der Waals surface area contributed by atoms with Gasteiger partial charge in [-0.1, -0.05) is 12.1 Å². The summed E-state index contributed by atoms with van der Waals surface area (Å²) in [6.45, 7) is 4.73. The van der Waals surface area contributed by atoms with Crippen LogP contribution in [0.1, 0.15) is 31.9 Å². The zero-order valence-corrected chi connectivity index (χ0v) is 13.8. The maximum Gasteiger partial charge on any atom is 0.407 e. The Hall–Kier alpha value is -1.67. The van der Waals surface area contributed by atoms with Crippen LogP contribution in [0.4, 0.5) is 9.18 Å². The predicted molar refractivity (Wildman–Crippen MR) is 79.1 cm³/mol. The number of carbonyl (C=O) groups excluding carboxylic acids is 1. The molecule has 0 aliphatic rings. The summed E-state index contributed by atoms with van der Waals surface area (Å²) < 4.78 is 45.5. The lowest BCUT2D eigenvalue weighted by Crippen LogP contribution is -2.32. The molecule has 0 radical (unpaired) electrons. The topological polar surface area (TPSA) is 81.7 Å². The van der Waals surface area contributed by atoms with Gasteiger partial charge in [-0.15, -0.1) is 0 Å². The van der Waals surface area contributed by atoms with Gasteiger partial charge in [0.15, 0.2) is 0 Å². The standard InChI is InChI=1S/C14H20FNO5S/c1-14(2,3)21-13(17)16-8-10-6-5-7-12(15)11(10)9-20-22(4,18)19/h5-7H,8-9H2,1-4H3,(H,16,17). The lowest BCUT2D eigenvalue weighted by molar-refractivity contribution is 0.0523. The molecule has 1 aromatic carbocycles. The maximum absolute atomic E-state index is 13.8. The maximum atomic E-state index is 13.8.